The first-order chi connectivity index (χ1) is 16.1. The number of likely N-dealkylation sites (tertiary alicyclic amines) is 1. The highest BCUT2D eigenvalue weighted by atomic mass is 32.2. The average molecular weight is 487 g/mol. The number of carboxylic acids is 1. The average Bonchev–Trinajstić information content (AvgIpc) is 3.25. The number of aromatic carboxylic acids is 1. The molecule has 0 spiro atoms. The van der Waals surface area contributed by atoms with E-state index in [2.05, 4.69) is 19.5 Å². The molecule has 2 fully saturated rings. The van der Waals surface area contributed by atoms with Gasteiger partial charge in [-0.25, -0.2) is 18.2 Å². The Kier molecular flexibility index (Phi) is 7.14. The van der Waals surface area contributed by atoms with E-state index in [-0.39, 0.29) is 16.1 Å². The van der Waals surface area contributed by atoms with Gasteiger partial charge < -0.3 is 14.9 Å². The van der Waals surface area contributed by atoms with E-state index in [4.69, 9.17) is 0 Å². The van der Waals surface area contributed by atoms with Crippen LogP contribution >= 0.6 is 0 Å². The summed E-state index contributed by atoms with van der Waals surface area (Å²) in [4.78, 5) is 20.9. The summed E-state index contributed by atoms with van der Waals surface area (Å²) in [6.07, 6.45) is 5.92. The van der Waals surface area contributed by atoms with Gasteiger partial charge in [-0.15, -0.1) is 0 Å². The van der Waals surface area contributed by atoms with E-state index in [1.54, 1.807) is 13.8 Å². The SMILES string of the molecule is Cc1cc(C)c(S(=O)(=O)Nc2cc(C(=O)O)cnc2N2CCCC(CN3CCCC3)C2)c(C)c1. The number of hydrogen-bond acceptors (Lipinski definition) is 6. The van der Waals surface area contributed by atoms with Gasteiger partial charge >= 0.3 is 5.97 Å². The molecule has 2 saturated heterocycles. The van der Waals surface area contributed by atoms with Gasteiger partial charge in [0, 0.05) is 25.8 Å². The third-order valence-electron chi connectivity index (χ3n) is 6.76. The van der Waals surface area contributed by atoms with Gasteiger partial charge in [0.25, 0.3) is 10.0 Å². The van der Waals surface area contributed by atoms with Crippen molar-refractivity contribution in [3.63, 3.8) is 0 Å². The van der Waals surface area contributed by atoms with Crippen LogP contribution in [0.4, 0.5) is 11.5 Å². The van der Waals surface area contributed by atoms with E-state index in [1.807, 2.05) is 19.1 Å². The van der Waals surface area contributed by atoms with Crippen LogP contribution in [0.15, 0.2) is 29.3 Å². The highest BCUT2D eigenvalue weighted by molar-refractivity contribution is 7.92. The maximum atomic E-state index is 13.5. The third kappa shape index (κ3) is 5.36. The molecule has 4 rings (SSSR count). The highest BCUT2D eigenvalue weighted by Gasteiger charge is 2.28. The summed E-state index contributed by atoms with van der Waals surface area (Å²) < 4.78 is 29.6. The number of piperidine rings is 1. The minimum Gasteiger partial charge on any atom is -0.478 e. The zero-order chi connectivity index (χ0) is 24.5. The smallest absolute Gasteiger partial charge is 0.337 e. The zero-order valence-corrected chi connectivity index (χ0v) is 21.0. The fourth-order valence-electron chi connectivity index (χ4n) is 5.42. The van der Waals surface area contributed by atoms with Gasteiger partial charge in [0.2, 0.25) is 0 Å². The molecule has 3 heterocycles. The number of carbonyl (C=O) groups is 1. The Hall–Kier alpha value is -2.65. The number of aromatic nitrogens is 1. The second kappa shape index (κ2) is 9.92. The number of sulfonamides is 1. The topological polar surface area (TPSA) is 103 Å². The highest BCUT2D eigenvalue weighted by Crippen LogP contribution is 2.32. The molecule has 8 nitrogen and oxygen atoms in total. The molecule has 1 aromatic carbocycles. The summed E-state index contributed by atoms with van der Waals surface area (Å²) in [7, 11) is -3.95. The van der Waals surface area contributed by atoms with Crippen LogP contribution in [-0.2, 0) is 10.0 Å². The first-order valence-electron chi connectivity index (χ1n) is 12.0. The number of carboxylic acid groups (broad SMARTS) is 1. The number of nitrogens with one attached hydrogen (secondary N) is 1. The van der Waals surface area contributed by atoms with Crippen molar-refractivity contribution >= 4 is 27.5 Å². The fourth-order valence-corrected chi connectivity index (χ4v) is 6.93. The molecule has 1 atom stereocenters. The number of rotatable bonds is 7. The number of aryl methyl sites for hydroxylation is 3. The van der Waals surface area contributed by atoms with E-state index in [9.17, 15) is 18.3 Å². The molecule has 0 bridgehead atoms. The molecule has 2 aromatic rings. The molecule has 0 aliphatic carbocycles. The molecule has 0 radical (unpaired) electrons. The first-order valence-corrected chi connectivity index (χ1v) is 13.4. The van der Waals surface area contributed by atoms with Crippen LogP contribution in [0.1, 0.15) is 52.7 Å². The van der Waals surface area contributed by atoms with Crippen molar-refractivity contribution in [3.8, 4) is 0 Å². The summed E-state index contributed by atoms with van der Waals surface area (Å²) in [6, 6.07) is 5.05. The lowest BCUT2D eigenvalue weighted by molar-refractivity contribution is 0.0696. The van der Waals surface area contributed by atoms with Crippen molar-refractivity contribution in [1.82, 2.24) is 9.88 Å². The van der Waals surface area contributed by atoms with Gasteiger partial charge in [0.15, 0.2) is 5.82 Å². The Labute approximate surface area is 202 Å². The summed E-state index contributed by atoms with van der Waals surface area (Å²) in [5.41, 5.74) is 2.45. The number of nitrogens with zero attached hydrogens (tertiary/aromatic N) is 3. The van der Waals surface area contributed by atoms with Crippen LogP contribution in [0.2, 0.25) is 0 Å². The second-order valence-electron chi connectivity index (χ2n) is 9.70. The molecule has 0 amide bonds. The molecule has 1 unspecified atom stereocenters. The Balaban J connectivity index is 1.65. The monoisotopic (exact) mass is 486 g/mol. The molecule has 1 aromatic heterocycles. The van der Waals surface area contributed by atoms with Crippen molar-refractivity contribution in [2.45, 2.75) is 51.3 Å². The van der Waals surface area contributed by atoms with Gasteiger partial charge in [0.05, 0.1) is 16.1 Å². The van der Waals surface area contributed by atoms with Crippen LogP contribution in [-0.4, -0.2) is 62.1 Å². The van der Waals surface area contributed by atoms with Gasteiger partial charge in [-0.2, -0.15) is 0 Å². The maximum absolute atomic E-state index is 13.5. The second-order valence-corrected chi connectivity index (χ2v) is 11.3. The normalized spacial score (nSPS) is 19.4. The van der Waals surface area contributed by atoms with E-state index >= 15 is 0 Å². The number of anilines is 2. The van der Waals surface area contributed by atoms with Crippen LogP contribution in [0.3, 0.4) is 0 Å². The lowest BCUT2D eigenvalue weighted by Gasteiger charge is -2.36. The summed E-state index contributed by atoms with van der Waals surface area (Å²) in [5, 5.41) is 9.51. The minimum atomic E-state index is -3.95. The number of pyridine rings is 1. The molecule has 184 valence electrons. The third-order valence-corrected chi connectivity index (χ3v) is 8.43. The Morgan fingerprint density at radius 3 is 2.41 bits per heavy atom. The van der Waals surface area contributed by atoms with E-state index < -0.39 is 16.0 Å². The van der Waals surface area contributed by atoms with E-state index in [1.165, 1.54) is 25.1 Å². The molecule has 2 N–H and O–H groups in total. The van der Waals surface area contributed by atoms with Crippen molar-refractivity contribution < 1.29 is 18.3 Å². The fraction of sp³-hybridized carbons (Fsp3) is 0.520. The zero-order valence-electron chi connectivity index (χ0n) is 20.2. The van der Waals surface area contributed by atoms with E-state index in [0.29, 0.717) is 22.9 Å². The van der Waals surface area contributed by atoms with Crippen LogP contribution in [0, 0.1) is 26.7 Å². The lowest BCUT2D eigenvalue weighted by atomic mass is 9.97. The predicted molar refractivity (Wildman–Crippen MR) is 133 cm³/mol. The van der Waals surface area contributed by atoms with Crippen molar-refractivity contribution in [2.24, 2.45) is 5.92 Å². The first kappa shape index (κ1) is 24.5. The van der Waals surface area contributed by atoms with Crippen molar-refractivity contribution in [3.05, 3.63) is 46.6 Å². The summed E-state index contributed by atoms with van der Waals surface area (Å²) in [5.74, 6) is -0.186. The van der Waals surface area contributed by atoms with Gasteiger partial charge in [0.1, 0.15) is 0 Å². The lowest BCUT2D eigenvalue weighted by Crippen LogP contribution is -2.41. The Morgan fingerprint density at radius 2 is 1.76 bits per heavy atom. The van der Waals surface area contributed by atoms with Crippen LogP contribution in [0.5, 0.6) is 0 Å². The minimum absolute atomic E-state index is 0.0515. The molecule has 0 saturated carbocycles. The predicted octanol–water partition coefficient (Wildman–Crippen LogP) is 3.82. The van der Waals surface area contributed by atoms with Gasteiger partial charge in [-0.1, -0.05) is 17.7 Å². The van der Waals surface area contributed by atoms with Crippen LogP contribution in [0.25, 0.3) is 0 Å². The molecular weight excluding hydrogens is 452 g/mol. The quantitative estimate of drug-likeness (QED) is 0.613. The van der Waals surface area contributed by atoms with Crippen LogP contribution < -0.4 is 9.62 Å². The van der Waals surface area contributed by atoms with Gasteiger partial charge in [-0.3, -0.25) is 4.72 Å². The largest absolute Gasteiger partial charge is 0.478 e. The van der Waals surface area contributed by atoms with Crippen molar-refractivity contribution in [2.75, 3.05) is 42.3 Å². The van der Waals surface area contributed by atoms with Gasteiger partial charge in [-0.05, 0) is 82.7 Å². The van der Waals surface area contributed by atoms with E-state index in [0.717, 1.165) is 51.1 Å². The maximum Gasteiger partial charge on any atom is 0.337 e. The molecule has 34 heavy (non-hydrogen) atoms. The number of hydrogen-bond donors (Lipinski definition) is 2. The Bertz CT molecular complexity index is 1150. The molecule has 2 aliphatic heterocycles. The number of benzene rings is 1. The Morgan fingerprint density at radius 1 is 1.09 bits per heavy atom. The standard InChI is InChI=1S/C25H34N4O4S/c1-17-11-18(2)23(19(3)12-17)34(32,33)27-22-13-21(25(30)31)14-26-24(22)29-10-6-7-20(16-29)15-28-8-4-5-9-28/h11-14,20,27H,4-10,15-16H2,1-3H3,(H,30,31). The summed E-state index contributed by atoms with van der Waals surface area (Å²) in [6.45, 7) is 10.3. The molecule has 2 aliphatic rings. The molecular formula is C25H34N4O4S. The summed E-state index contributed by atoms with van der Waals surface area (Å²) >= 11 is 0. The molecule has 9 heteroatoms. The van der Waals surface area contributed by atoms with Crippen molar-refractivity contribution in [1.29, 1.82) is 0 Å².